The van der Waals surface area contributed by atoms with E-state index in [1.165, 1.54) is 0 Å². The molecule has 1 aliphatic rings. The molecule has 0 saturated carbocycles. The van der Waals surface area contributed by atoms with Crippen LogP contribution in [0, 0.1) is 11.3 Å². The number of nitriles is 1. The summed E-state index contributed by atoms with van der Waals surface area (Å²) in [6, 6.07) is 2.05. The topological polar surface area (TPSA) is 90.4 Å². The highest BCUT2D eigenvalue weighted by molar-refractivity contribution is 6.45. The first-order chi connectivity index (χ1) is 10.8. The van der Waals surface area contributed by atoms with E-state index in [2.05, 4.69) is 18.1 Å². The molecular weight excluding hydrogens is 318 g/mol. The Morgan fingerprint density at radius 1 is 1.52 bits per heavy atom. The molecule has 0 spiro atoms. The number of amides is 1. The lowest BCUT2D eigenvalue weighted by atomic mass is 9.83. The zero-order valence-corrected chi connectivity index (χ0v) is 14.4. The van der Waals surface area contributed by atoms with Crippen LogP contribution >= 0.6 is 11.6 Å². The molecule has 6 nitrogen and oxygen atoms in total. The number of carbonyl (C=O) groups is 1. The van der Waals surface area contributed by atoms with Crippen molar-refractivity contribution in [3.05, 3.63) is 21.9 Å². The number of halogens is 1. The summed E-state index contributed by atoms with van der Waals surface area (Å²) in [6.07, 6.45) is 1.58. The number of carbonyl (C=O) groups excluding carboxylic acids is 1. The summed E-state index contributed by atoms with van der Waals surface area (Å²) in [7, 11) is 0. The molecular formula is C16H20ClN3O3. The predicted molar refractivity (Wildman–Crippen MR) is 85.8 cm³/mol. The molecule has 1 aromatic rings. The summed E-state index contributed by atoms with van der Waals surface area (Å²) in [5.41, 5.74) is 0.0970. The van der Waals surface area contributed by atoms with Gasteiger partial charge in [-0.2, -0.15) is 5.26 Å². The summed E-state index contributed by atoms with van der Waals surface area (Å²) < 4.78 is 5.39. The Morgan fingerprint density at radius 2 is 2.17 bits per heavy atom. The second-order valence-electron chi connectivity index (χ2n) is 6.36. The summed E-state index contributed by atoms with van der Waals surface area (Å²) in [5, 5.41) is 23.5. The van der Waals surface area contributed by atoms with Crippen LogP contribution in [0.15, 0.2) is 15.1 Å². The van der Waals surface area contributed by atoms with Crippen LogP contribution in [0.25, 0.3) is 0 Å². The van der Waals surface area contributed by atoms with Gasteiger partial charge in [-0.25, -0.2) is 0 Å². The molecule has 2 heterocycles. The summed E-state index contributed by atoms with van der Waals surface area (Å²) in [5.74, 6) is -0.150. The first-order valence-corrected chi connectivity index (χ1v) is 7.92. The third-order valence-corrected chi connectivity index (χ3v) is 4.63. The number of anilines is 1. The smallest absolute Gasteiger partial charge is 0.273 e. The van der Waals surface area contributed by atoms with Crippen LogP contribution in [0.2, 0.25) is 0 Å². The molecule has 124 valence electrons. The van der Waals surface area contributed by atoms with Crippen molar-refractivity contribution >= 4 is 23.3 Å². The normalized spacial score (nSPS) is 18.7. The largest absolute Gasteiger partial charge is 0.369 e. The fourth-order valence-corrected chi connectivity index (χ4v) is 2.83. The summed E-state index contributed by atoms with van der Waals surface area (Å²) >= 11 is 5.90. The minimum absolute atomic E-state index is 0.0135. The van der Waals surface area contributed by atoms with E-state index in [0.29, 0.717) is 11.3 Å². The highest BCUT2D eigenvalue weighted by atomic mass is 35.5. The van der Waals surface area contributed by atoms with Gasteiger partial charge in [-0.3, -0.25) is 9.69 Å². The van der Waals surface area contributed by atoms with Crippen LogP contribution in [0.3, 0.4) is 0 Å². The second-order valence-corrected chi connectivity index (χ2v) is 6.73. The van der Waals surface area contributed by atoms with Gasteiger partial charge >= 0.3 is 0 Å². The molecule has 0 aromatic carbocycles. The maximum atomic E-state index is 12.2. The fraction of sp³-hybridized carbons (Fsp3) is 0.562. The Kier molecular flexibility index (Phi) is 4.83. The van der Waals surface area contributed by atoms with Gasteiger partial charge < -0.3 is 9.63 Å². The van der Waals surface area contributed by atoms with E-state index < -0.39 is 17.6 Å². The number of aliphatic hydroxyl groups excluding tert-OH is 1. The minimum Gasteiger partial charge on any atom is -0.369 e. The zero-order chi connectivity index (χ0) is 17.4. The Hall–Kier alpha value is -1.84. The average molecular weight is 338 g/mol. The zero-order valence-electron chi connectivity index (χ0n) is 13.7. The maximum Gasteiger partial charge on any atom is 0.273 e. The molecule has 0 aliphatic carbocycles. The van der Waals surface area contributed by atoms with E-state index in [1.54, 1.807) is 6.92 Å². The molecule has 1 unspecified atom stereocenters. The van der Waals surface area contributed by atoms with Crippen LogP contribution in [-0.2, 0) is 10.2 Å². The molecule has 1 aromatic heterocycles. The number of hydrogen-bond donors (Lipinski definition) is 1. The van der Waals surface area contributed by atoms with Crippen molar-refractivity contribution in [1.29, 1.82) is 5.26 Å². The van der Waals surface area contributed by atoms with Crippen molar-refractivity contribution in [2.24, 2.45) is 0 Å². The van der Waals surface area contributed by atoms with Crippen molar-refractivity contribution < 1.29 is 14.4 Å². The Labute approximate surface area is 140 Å². The van der Waals surface area contributed by atoms with Gasteiger partial charge in [0.15, 0.2) is 17.8 Å². The van der Waals surface area contributed by atoms with Crippen LogP contribution in [0.5, 0.6) is 0 Å². The van der Waals surface area contributed by atoms with Crippen LogP contribution in [0.1, 0.15) is 58.3 Å². The van der Waals surface area contributed by atoms with Gasteiger partial charge in [0.05, 0.1) is 0 Å². The first kappa shape index (κ1) is 17.5. The number of unbranched alkanes of at least 4 members (excludes halogenated alkanes) is 1. The predicted octanol–water partition coefficient (Wildman–Crippen LogP) is 3.19. The Balaban J connectivity index is 2.45. The lowest BCUT2D eigenvalue weighted by molar-refractivity contribution is -0.115. The van der Waals surface area contributed by atoms with Crippen molar-refractivity contribution in [3.8, 4) is 6.07 Å². The molecule has 2 rings (SSSR count). The van der Waals surface area contributed by atoms with Gasteiger partial charge in [0.25, 0.3) is 5.91 Å². The number of nitrogens with zero attached hydrogens (tertiary/aromatic N) is 3. The average Bonchev–Trinajstić information content (AvgIpc) is 3.02. The highest BCUT2D eigenvalue weighted by Gasteiger charge is 2.41. The fourth-order valence-electron chi connectivity index (χ4n) is 2.65. The molecule has 23 heavy (non-hydrogen) atoms. The third kappa shape index (κ3) is 2.87. The van der Waals surface area contributed by atoms with Gasteiger partial charge in [0, 0.05) is 11.0 Å². The molecule has 1 amide bonds. The summed E-state index contributed by atoms with van der Waals surface area (Å²) in [4.78, 5) is 13.2. The van der Waals surface area contributed by atoms with E-state index in [4.69, 9.17) is 16.1 Å². The van der Waals surface area contributed by atoms with E-state index >= 15 is 0 Å². The van der Waals surface area contributed by atoms with Crippen LogP contribution < -0.4 is 4.90 Å². The van der Waals surface area contributed by atoms with E-state index in [0.717, 1.165) is 24.2 Å². The first-order valence-electron chi connectivity index (χ1n) is 7.54. The second kappa shape index (κ2) is 6.34. The molecule has 1 N–H and O–H groups in total. The van der Waals surface area contributed by atoms with E-state index in [-0.39, 0.29) is 16.4 Å². The number of hydrogen-bond acceptors (Lipinski definition) is 5. The molecule has 7 heteroatoms. The lowest BCUT2D eigenvalue weighted by Crippen LogP contribution is -2.36. The van der Waals surface area contributed by atoms with Gasteiger partial charge in [-0.05, 0) is 13.3 Å². The van der Waals surface area contributed by atoms with E-state index in [9.17, 15) is 15.2 Å². The molecule has 0 radical (unpaired) electrons. The molecule has 0 saturated heterocycles. The minimum atomic E-state index is -1.24. The highest BCUT2D eigenvalue weighted by Crippen LogP contribution is 2.39. The molecule has 0 fully saturated rings. The van der Waals surface area contributed by atoms with Crippen LogP contribution in [-0.4, -0.2) is 22.4 Å². The Morgan fingerprint density at radius 3 is 2.65 bits per heavy atom. The quantitative estimate of drug-likeness (QED) is 0.891. The van der Waals surface area contributed by atoms with Crippen molar-refractivity contribution in [2.45, 2.75) is 58.6 Å². The van der Waals surface area contributed by atoms with Crippen molar-refractivity contribution in [1.82, 2.24) is 5.16 Å². The molecule has 1 aliphatic heterocycles. The van der Waals surface area contributed by atoms with Gasteiger partial charge in [0.2, 0.25) is 0 Å². The lowest BCUT2D eigenvalue weighted by Gasteiger charge is -2.22. The van der Waals surface area contributed by atoms with Crippen molar-refractivity contribution in [2.75, 3.05) is 4.90 Å². The molecule has 1 atom stereocenters. The van der Waals surface area contributed by atoms with Crippen molar-refractivity contribution in [3.63, 3.8) is 0 Å². The van der Waals surface area contributed by atoms with Gasteiger partial charge in [0.1, 0.15) is 16.7 Å². The van der Waals surface area contributed by atoms with E-state index in [1.807, 2.05) is 13.8 Å². The Bertz CT molecular complexity index is 700. The molecule has 0 bridgehead atoms. The number of aliphatic hydroxyl groups is 1. The third-order valence-electron chi connectivity index (χ3n) is 4.17. The summed E-state index contributed by atoms with van der Waals surface area (Å²) in [6.45, 7) is 7.57. The number of aromatic nitrogens is 1. The van der Waals surface area contributed by atoms with Crippen LogP contribution in [0.4, 0.5) is 5.82 Å². The number of rotatable bonds is 5. The maximum absolute atomic E-state index is 12.2. The monoisotopic (exact) mass is 337 g/mol. The SMILES string of the molecule is CCCCC(C)(C)c1onc(N2C(=O)C(Cl)=C(C)C2O)c1C#N. The standard InChI is InChI=1S/C16H20ClN3O3/c1-5-6-7-16(3,4)12-10(8-18)13(19-23-12)20-14(21)9(2)11(17)15(20)22/h14,21H,5-7H2,1-4H3. The van der Waals surface area contributed by atoms with Gasteiger partial charge in [-0.1, -0.05) is 50.4 Å². The van der Waals surface area contributed by atoms with Gasteiger partial charge in [-0.15, -0.1) is 0 Å².